The molecule has 2 aromatic carbocycles. The number of carbonyl (C=O) groups excluding carboxylic acids is 2. The van der Waals surface area contributed by atoms with Gasteiger partial charge in [0.15, 0.2) is 5.82 Å². The van der Waals surface area contributed by atoms with Crippen LogP contribution >= 0.6 is 0 Å². The van der Waals surface area contributed by atoms with Crippen molar-refractivity contribution in [2.24, 2.45) is 0 Å². The van der Waals surface area contributed by atoms with Gasteiger partial charge in [0.05, 0.1) is 19.3 Å². The van der Waals surface area contributed by atoms with Crippen molar-refractivity contribution in [3.8, 4) is 5.75 Å². The van der Waals surface area contributed by atoms with E-state index in [1.807, 2.05) is 0 Å². The summed E-state index contributed by atoms with van der Waals surface area (Å²) >= 11 is 0. The van der Waals surface area contributed by atoms with Gasteiger partial charge < -0.3 is 15.0 Å². The fourth-order valence-corrected chi connectivity index (χ4v) is 3.62. The number of nitrogens with one attached hydrogen (secondary N) is 1. The van der Waals surface area contributed by atoms with E-state index in [1.54, 1.807) is 62.6 Å². The molecule has 188 valence electrons. The SMILES string of the molecule is COc1ccc(N2Cc3cnc(NCC(F)(F)F)nc3N(c3ccc(C(=O)N(C)C)cc3)C2=O)cc1. The van der Waals surface area contributed by atoms with Crippen molar-refractivity contribution in [1.82, 2.24) is 14.9 Å². The summed E-state index contributed by atoms with van der Waals surface area (Å²) in [6.07, 6.45) is -3.07. The molecular weight excluding hydrogens is 477 g/mol. The largest absolute Gasteiger partial charge is 0.497 e. The van der Waals surface area contributed by atoms with Gasteiger partial charge in [-0.1, -0.05) is 0 Å². The Hall–Kier alpha value is -4.35. The number of alkyl halides is 3. The molecule has 0 spiro atoms. The molecule has 0 saturated carbocycles. The first-order valence-corrected chi connectivity index (χ1v) is 10.8. The first kappa shape index (κ1) is 24.8. The number of ether oxygens (including phenoxy) is 1. The third kappa shape index (κ3) is 5.16. The molecule has 0 fully saturated rings. The number of amides is 3. The standard InChI is InChI=1S/C24H23F3N6O3/c1-31(2)21(34)15-4-6-18(7-5-15)33-20-16(12-28-22(30-20)29-14-24(25,26)27)13-32(23(33)35)17-8-10-19(36-3)11-9-17/h4-12H,13-14H2,1-3H3,(H,28,29,30). The summed E-state index contributed by atoms with van der Waals surface area (Å²) in [6.45, 7) is -1.22. The van der Waals surface area contributed by atoms with Gasteiger partial charge in [-0.2, -0.15) is 18.2 Å². The number of fused-ring (bicyclic) bond motifs is 1. The van der Waals surface area contributed by atoms with E-state index in [9.17, 15) is 22.8 Å². The normalized spacial score (nSPS) is 13.3. The lowest BCUT2D eigenvalue weighted by Gasteiger charge is -2.36. The average Bonchev–Trinajstić information content (AvgIpc) is 2.86. The minimum atomic E-state index is -4.46. The van der Waals surface area contributed by atoms with Gasteiger partial charge in [-0.05, 0) is 48.5 Å². The Morgan fingerprint density at radius 1 is 1.08 bits per heavy atom. The highest BCUT2D eigenvalue weighted by molar-refractivity contribution is 6.10. The van der Waals surface area contributed by atoms with Crippen LogP contribution in [-0.4, -0.2) is 60.7 Å². The first-order valence-electron chi connectivity index (χ1n) is 10.8. The molecule has 12 heteroatoms. The molecule has 1 aromatic heterocycles. The number of hydrogen-bond donors (Lipinski definition) is 1. The van der Waals surface area contributed by atoms with Gasteiger partial charge in [0.25, 0.3) is 5.91 Å². The van der Waals surface area contributed by atoms with E-state index in [4.69, 9.17) is 4.74 Å². The van der Waals surface area contributed by atoms with Gasteiger partial charge in [0.1, 0.15) is 12.3 Å². The zero-order valence-electron chi connectivity index (χ0n) is 19.7. The summed E-state index contributed by atoms with van der Waals surface area (Å²) in [7, 11) is 4.78. The molecular formula is C24H23F3N6O3. The van der Waals surface area contributed by atoms with Crippen molar-refractivity contribution < 1.29 is 27.5 Å². The molecule has 0 atom stereocenters. The highest BCUT2D eigenvalue weighted by Gasteiger charge is 2.35. The van der Waals surface area contributed by atoms with E-state index >= 15 is 0 Å². The fourth-order valence-electron chi connectivity index (χ4n) is 3.62. The number of nitrogens with zero attached hydrogens (tertiary/aromatic N) is 5. The summed E-state index contributed by atoms with van der Waals surface area (Å²) in [4.78, 5) is 38.4. The molecule has 0 radical (unpaired) electrons. The van der Waals surface area contributed by atoms with E-state index in [-0.39, 0.29) is 24.2 Å². The lowest BCUT2D eigenvalue weighted by Crippen LogP contribution is -2.45. The number of benzene rings is 2. The smallest absolute Gasteiger partial charge is 0.405 e. The monoisotopic (exact) mass is 500 g/mol. The third-order valence-corrected chi connectivity index (χ3v) is 5.41. The van der Waals surface area contributed by atoms with Crippen molar-refractivity contribution >= 4 is 35.1 Å². The number of anilines is 4. The van der Waals surface area contributed by atoms with Crippen molar-refractivity contribution in [3.05, 3.63) is 65.9 Å². The second-order valence-corrected chi connectivity index (χ2v) is 8.16. The zero-order valence-corrected chi connectivity index (χ0v) is 19.7. The van der Waals surface area contributed by atoms with Crippen molar-refractivity contribution in [3.63, 3.8) is 0 Å². The Morgan fingerprint density at radius 3 is 2.31 bits per heavy atom. The van der Waals surface area contributed by atoms with Crippen molar-refractivity contribution in [2.45, 2.75) is 12.7 Å². The summed E-state index contributed by atoms with van der Waals surface area (Å²) in [5.41, 5.74) is 1.90. The third-order valence-electron chi connectivity index (χ3n) is 5.41. The summed E-state index contributed by atoms with van der Waals surface area (Å²) < 4.78 is 43.3. The quantitative estimate of drug-likeness (QED) is 0.538. The van der Waals surface area contributed by atoms with Crippen LogP contribution in [0.15, 0.2) is 54.7 Å². The van der Waals surface area contributed by atoms with Crippen molar-refractivity contribution in [1.29, 1.82) is 0 Å². The Bertz CT molecular complexity index is 1260. The summed E-state index contributed by atoms with van der Waals surface area (Å²) in [5.74, 6) is 0.287. The number of methoxy groups -OCH3 is 1. The number of urea groups is 1. The van der Waals surface area contributed by atoms with E-state index in [0.29, 0.717) is 28.3 Å². The molecule has 1 aliphatic heterocycles. The maximum absolute atomic E-state index is 13.7. The van der Waals surface area contributed by atoms with Gasteiger partial charge in [-0.3, -0.25) is 9.69 Å². The van der Waals surface area contributed by atoms with Gasteiger partial charge in [-0.15, -0.1) is 0 Å². The Kier molecular flexibility index (Phi) is 6.69. The predicted octanol–water partition coefficient (Wildman–Crippen LogP) is 4.44. The summed E-state index contributed by atoms with van der Waals surface area (Å²) in [6, 6.07) is 12.7. The number of rotatable bonds is 6. The molecule has 1 N–H and O–H groups in total. The van der Waals surface area contributed by atoms with Crippen LogP contribution in [0.2, 0.25) is 0 Å². The second kappa shape index (κ2) is 9.72. The molecule has 0 unspecified atom stereocenters. The van der Waals surface area contributed by atoms with Crippen LogP contribution in [0, 0.1) is 0 Å². The lowest BCUT2D eigenvalue weighted by atomic mass is 10.1. The topological polar surface area (TPSA) is 90.9 Å². The van der Waals surface area contributed by atoms with E-state index < -0.39 is 18.8 Å². The molecule has 0 aliphatic carbocycles. The Labute approximate surface area is 205 Å². The molecule has 2 heterocycles. The summed E-state index contributed by atoms with van der Waals surface area (Å²) in [5, 5.41) is 2.15. The molecule has 36 heavy (non-hydrogen) atoms. The minimum Gasteiger partial charge on any atom is -0.497 e. The maximum Gasteiger partial charge on any atom is 0.405 e. The van der Waals surface area contributed by atoms with E-state index in [0.717, 1.165) is 0 Å². The maximum atomic E-state index is 13.7. The lowest BCUT2D eigenvalue weighted by molar-refractivity contribution is -0.115. The van der Waals surface area contributed by atoms with Crippen LogP contribution < -0.4 is 19.9 Å². The van der Waals surface area contributed by atoms with E-state index in [1.165, 1.54) is 28.0 Å². The molecule has 0 bridgehead atoms. The number of halogens is 3. The number of aromatic nitrogens is 2. The average molecular weight is 500 g/mol. The van der Waals surface area contributed by atoms with Crippen LogP contribution in [0.3, 0.4) is 0 Å². The number of hydrogen-bond acceptors (Lipinski definition) is 6. The Morgan fingerprint density at radius 2 is 1.72 bits per heavy atom. The van der Waals surface area contributed by atoms with Crippen molar-refractivity contribution in [2.75, 3.05) is 42.9 Å². The van der Waals surface area contributed by atoms with Crippen LogP contribution in [0.5, 0.6) is 5.75 Å². The highest BCUT2D eigenvalue weighted by Crippen LogP contribution is 2.36. The number of carbonyl (C=O) groups is 2. The van der Waals surface area contributed by atoms with Gasteiger partial charge >= 0.3 is 12.2 Å². The van der Waals surface area contributed by atoms with Crippen LogP contribution in [0.4, 0.5) is 41.1 Å². The zero-order chi connectivity index (χ0) is 26.0. The van der Waals surface area contributed by atoms with Gasteiger partial charge in [0, 0.05) is 37.1 Å². The minimum absolute atomic E-state index is 0.105. The van der Waals surface area contributed by atoms with E-state index in [2.05, 4.69) is 15.3 Å². The molecule has 3 amide bonds. The fraction of sp³-hybridized carbons (Fsp3) is 0.250. The van der Waals surface area contributed by atoms with Gasteiger partial charge in [-0.25, -0.2) is 14.7 Å². The first-order chi connectivity index (χ1) is 17.1. The predicted molar refractivity (Wildman–Crippen MR) is 128 cm³/mol. The molecule has 0 saturated heterocycles. The molecule has 9 nitrogen and oxygen atoms in total. The Balaban J connectivity index is 1.75. The molecule has 1 aliphatic rings. The van der Waals surface area contributed by atoms with Crippen LogP contribution in [0.1, 0.15) is 15.9 Å². The van der Waals surface area contributed by atoms with Crippen LogP contribution in [-0.2, 0) is 6.54 Å². The second-order valence-electron chi connectivity index (χ2n) is 8.16. The molecule has 4 rings (SSSR count). The van der Waals surface area contributed by atoms with Crippen LogP contribution in [0.25, 0.3) is 0 Å². The van der Waals surface area contributed by atoms with Gasteiger partial charge in [0.2, 0.25) is 5.95 Å². The highest BCUT2D eigenvalue weighted by atomic mass is 19.4. The molecule has 3 aromatic rings.